The maximum absolute atomic E-state index is 12.6. The van der Waals surface area contributed by atoms with Gasteiger partial charge in [-0.3, -0.25) is 0 Å². The Hall–Kier alpha value is -1.34. The molecule has 0 radical (unpaired) electrons. The van der Waals surface area contributed by atoms with E-state index in [9.17, 15) is 13.2 Å². The summed E-state index contributed by atoms with van der Waals surface area (Å²) in [7, 11) is 0. The minimum Gasteiger partial charge on any atom is -0.208 e. The Kier molecular flexibility index (Phi) is 4.98. The Morgan fingerprint density at radius 3 is 2.58 bits per heavy atom. The molecular weight excluding hydrogens is 293 g/mol. The van der Waals surface area contributed by atoms with Gasteiger partial charge in [0.2, 0.25) is 0 Å². The predicted octanol–water partition coefficient (Wildman–Crippen LogP) is 4.76. The fraction of sp³-hybridized carbons (Fsp3) is 0.167. The Bertz CT molecular complexity index is 565. The largest absolute Gasteiger partial charge is 0.301 e. The van der Waals surface area contributed by atoms with Crippen LogP contribution in [-0.4, -0.2) is 15.1 Å². The van der Waals surface area contributed by atoms with Crippen LogP contribution < -0.4 is 0 Å². The number of halogens is 3. The molecule has 2 nitrogen and oxygen atoms in total. The number of thioether (sulfide) groups is 1. The fourth-order valence-corrected chi connectivity index (χ4v) is 2.91. The molecule has 0 spiro atoms. The van der Waals surface area contributed by atoms with Gasteiger partial charge in [0, 0.05) is 17.7 Å². The number of nitrogens with zero attached hydrogens (tertiary/aromatic N) is 2. The van der Waals surface area contributed by atoms with Gasteiger partial charge in [0.1, 0.15) is 0 Å². The van der Waals surface area contributed by atoms with E-state index in [1.807, 2.05) is 30.3 Å². The first kappa shape index (κ1) is 14.1. The third-order valence-corrected chi connectivity index (χ3v) is 4.03. The van der Waals surface area contributed by atoms with Crippen LogP contribution in [0.25, 0.3) is 11.4 Å². The highest BCUT2D eigenvalue weighted by Crippen LogP contribution is 2.27. The maximum atomic E-state index is 12.6. The lowest BCUT2D eigenvalue weighted by Crippen LogP contribution is -1.83. The minimum atomic E-state index is -2.25. The van der Waals surface area contributed by atoms with Gasteiger partial charge in [0.25, 0.3) is 0 Å². The molecule has 0 aliphatic carbocycles. The van der Waals surface area contributed by atoms with Crippen LogP contribution in [0.15, 0.2) is 46.6 Å². The molecule has 7 heteroatoms. The van der Waals surface area contributed by atoms with Crippen molar-refractivity contribution in [3.05, 3.63) is 42.2 Å². The van der Waals surface area contributed by atoms with E-state index in [-0.39, 0.29) is 12.2 Å². The molecule has 1 aromatic carbocycles. The summed E-state index contributed by atoms with van der Waals surface area (Å²) in [5.41, 5.74) is 0.895. The molecule has 0 aliphatic heterocycles. The van der Waals surface area contributed by atoms with Gasteiger partial charge >= 0.3 is 6.08 Å². The first-order valence-electron chi connectivity index (χ1n) is 5.38. The molecule has 19 heavy (non-hydrogen) atoms. The molecule has 0 bridgehead atoms. The van der Waals surface area contributed by atoms with Crippen LogP contribution in [0.3, 0.4) is 0 Å². The zero-order valence-electron chi connectivity index (χ0n) is 9.65. The average Bonchev–Trinajstić information content (AvgIpc) is 2.88. The van der Waals surface area contributed by atoms with Crippen molar-refractivity contribution < 1.29 is 13.2 Å². The van der Waals surface area contributed by atoms with Crippen molar-refractivity contribution in [2.45, 2.75) is 10.8 Å². The quantitative estimate of drug-likeness (QED) is 0.744. The highest BCUT2D eigenvalue weighted by Gasteiger charge is 2.09. The maximum Gasteiger partial charge on any atom is 0.301 e. The van der Waals surface area contributed by atoms with Gasteiger partial charge in [-0.1, -0.05) is 42.1 Å². The van der Waals surface area contributed by atoms with E-state index in [0.717, 1.165) is 5.56 Å². The van der Waals surface area contributed by atoms with Gasteiger partial charge in [-0.15, -0.1) is 0 Å². The van der Waals surface area contributed by atoms with E-state index in [2.05, 4.69) is 9.36 Å². The van der Waals surface area contributed by atoms with Crippen LogP contribution >= 0.6 is 23.3 Å². The normalized spacial score (nSPS) is 10.5. The third kappa shape index (κ3) is 4.07. The molecule has 0 atom stereocenters. The van der Waals surface area contributed by atoms with E-state index in [4.69, 9.17) is 0 Å². The number of hydrogen-bond acceptors (Lipinski definition) is 4. The van der Waals surface area contributed by atoms with E-state index >= 15 is 0 Å². The Balaban J connectivity index is 1.94. The Morgan fingerprint density at radius 1 is 1.16 bits per heavy atom. The van der Waals surface area contributed by atoms with Gasteiger partial charge in [0.15, 0.2) is 16.0 Å². The summed E-state index contributed by atoms with van der Waals surface area (Å²) in [6, 6.07) is 9.43. The summed E-state index contributed by atoms with van der Waals surface area (Å²) in [6.45, 7) is 0. The van der Waals surface area contributed by atoms with E-state index in [1.165, 1.54) is 23.3 Å². The molecule has 0 amide bonds. The summed E-state index contributed by atoms with van der Waals surface area (Å²) in [5, 5.41) is 0. The molecule has 0 saturated carbocycles. The topological polar surface area (TPSA) is 25.8 Å². The summed E-state index contributed by atoms with van der Waals surface area (Å²) in [6.07, 6.45) is -2.55. The van der Waals surface area contributed by atoms with Crippen LogP contribution in [0, 0.1) is 0 Å². The monoisotopic (exact) mass is 302 g/mol. The van der Waals surface area contributed by atoms with E-state index in [0.29, 0.717) is 10.2 Å². The summed E-state index contributed by atoms with van der Waals surface area (Å²) < 4.78 is 41.1. The van der Waals surface area contributed by atoms with Crippen molar-refractivity contribution in [2.75, 3.05) is 5.75 Å². The van der Waals surface area contributed by atoms with Crippen molar-refractivity contribution in [3.63, 3.8) is 0 Å². The van der Waals surface area contributed by atoms with Crippen molar-refractivity contribution in [2.24, 2.45) is 0 Å². The lowest BCUT2D eigenvalue weighted by Gasteiger charge is -1.95. The first-order valence-corrected chi connectivity index (χ1v) is 7.14. The lowest BCUT2D eigenvalue weighted by atomic mass is 10.2. The number of hydrogen-bond donors (Lipinski definition) is 0. The SMILES string of the molecule is FC(F)=C(F)CCSc1nc(-c2ccccc2)ns1. The second-order valence-corrected chi connectivity index (χ2v) is 5.61. The fourth-order valence-electron chi connectivity index (χ4n) is 1.30. The molecule has 0 aliphatic rings. The smallest absolute Gasteiger partial charge is 0.208 e. The van der Waals surface area contributed by atoms with Gasteiger partial charge in [-0.25, -0.2) is 9.37 Å². The van der Waals surface area contributed by atoms with Gasteiger partial charge < -0.3 is 0 Å². The Labute approximate surface area is 116 Å². The zero-order chi connectivity index (χ0) is 13.7. The van der Waals surface area contributed by atoms with E-state index in [1.54, 1.807) is 0 Å². The van der Waals surface area contributed by atoms with Crippen molar-refractivity contribution in [1.82, 2.24) is 9.36 Å². The lowest BCUT2D eigenvalue weighted by molar-refractivity contribution is 0.373. The van der Waals surface area contributed by atoms with Gasteiger partial charge in [-0.2, -0.15) is 13.2 Å². The van der Waals surface area contributed by atoms with Crippen molar-refractivity contribution in [3.8, 4) is 11.4 Å². The molecule has 1 heterocycles. The molecule has 2 aromatic rings. The summed E-state index contributed by atoms with van der Waals surface area (Å²) in [4.78, 5) is 4.27. The van der Waals surface area contributed by atoms with Crippen LogP contribution in [0.4, 0.5) is 13.2 Å². The summed E-state index contributed by atoms with van der Waals surface area (Å²) in [5.74, 6) is -0.548. The van der Waals surface area contributed by atoms with Crippen LogP contribution in [0.1, 0.15) is 6.42 Å². The average molecular weight is 302 g/mol. The number of benzene rings is 1. The predicted molar refractivity (Wildman–Crippen MR) is 71.0 cm³/mol. The second-order valence-electron chi connectivity index (χ2n) is 3.51. The Morgan fingerprint density at radius 2 is 1.89 bits per heavy atom. The molecule has 1 aromatic heterocycles. The molecule has 100 valence electrons. The molecule has 0 unspecified atom stereocenters. The minimum absolute atomic E-state index is 0.215. The van der Waals surface area contributed by atoms with Crippen LogP contribution in [0.5, 0.6) is 0 Å². The number of allylic oxidation sites excluding steroid dienone is 1. The first-order chi connectivity index (χ1) is 9.16. The molecule has 0 saturated heterocycles. The number of rotatable bonds is 5. The van der Waals surface area contributed by atoms with Gasteiger partial charge in [0.05, 0.1) is 0 Å². The molecular formula is C12H9F3N2S2. The van der Waals surface area contributed by atoms with Crippen molar-refractivity contribution >= 4 is 23.3 Å². The van der Waals surface area contributed by atoms with Gasteiger partial charge in [-0.05, 0) is 11.5 Å². The van der Waals surface area contributed by atoms with Crippen LogP contribution in [-0.2, 0) is 0 Å². The van der Waals surface area contributed by atoms with Crippen molar-refractivity contribution in [1.29, 1.82) is 0 Å². The zero-order valence-corrected chi connectivity index (χ0v) is 11.3. The van der Waals surface area contributed by atoms with E-state index < -0.39 is 11.9 Å². The molecule has 2 rings (SSSR count). The third-order valence-electron chi connectivity index (χ3n) is 2.19. The highest BCUT2D eigenvalue weighted by molar-refractivity contribution is 8.00. The molecule has 0 N–H and O–H groups in total. The second kappa shape index (κ2) is 6.72. The summed E-state index contributed by atoms with van der Waals surface area (Å²) >= 11 is 2.40. The molecule has 0 fully saturated rings. The highest BCUT2D eigenvalue weighted by atomic mass is 32.2. The van der Waals surface area contributed by atoms with Crippen LogP contribution in [0.2, 0.25) is 0 Å². The number of aromatic nitrogens is 2. The standard InChI is InChI=1S/C12H9F3N2S2/c13-9(10(14)15)6-7-18-12-16-11(17-19-12)8-4-2-1-3-5-8/h1-5H,6-7H2.